The summed E-state index contributed by atoms with van der Waals surface area (Å²) in [5, 5.41) is 0.633. The van der Waals surface area contributed by atoms with Gasteiger partial charge in [-0.15, -0.1) is 11.8 Å². The van der Waals surface area contributed by atoms with E-state index in [9.17, 15) is 13.2 Å². The zero-order valence-electron chi connectivity index (χ0n) is 19.4. The van der Waals surface area contributed by atoms with Crippen LogP contribution in [0.15, 0.2) is 52.3 Å². The molecule has 0 saturated carbocycles. The minimum Gasteiger partial charge on any atom is -0.379 e. The fraction of sp³-hybridized carbons (Fsp3) is 0.391. The summed E-state index contributed by atoms with van der Waals surface area (Å²) in [6.07, 6.45) is 2.01. The van der Waals surface area contributed by atoms with E-state index in [0.29, 0.717) is 50.1 Å². The lowest BCUT2D eigenvalue weighted by Gasteiger charge is -2.26. The molecule has 0 bridgehead atoms. The van der Waals surface area contributed by atoms with Crippen molar-refractivity contribution in [1.29, 1.82) is 0 Å². The van der Waals surface area contributed by atoms with Gasteiger partial charge in [0, 0.05) is 36.6 Å². The number of aromatic nitrogens is 1. The fourth-order valence-electron chi connectivity index (χ4n) is 3.64. The van der Waals surface area contributed by atoms with Crippen molar-refractivity contribution in [3.05, 3.63) is 48.0 Å². The molecule has 0 atom stereocenters. The maximum absolute atomic E-state index is 13.5. The van der Waals surface area contributed by atoms with Crippen LogP contribution in [0.3, 0.4) is 0 Å². The second-order valence-corrected chi connectivity index (χ2v) is 11.9. The molecule has 0 radical (unpaired) electrons. The highest BCUT2D eigenvalue weighted by Crippen LogP contribution is 2.34. The smallest absolute Gasteiger partial charge is 0.260 e. The molecule has 1 aliphatic heterocycles. The number of likely N-dealkylation sites (N-methyl/N-ethyl adjacent to an activating group) is 1. The standard InChI is InChI=1S/C23H28N4O4S3/c1-25(2)11-12-27(23-24-21-19(32-3)5-4-6-20(21)33-23)22(28)17-7-9-18(10-8-17)34(29,30)26-13-15-31-16-14-26/h4-10H,11-16H2,1-3H3. The number of carbonyl (C=O) groups is 1. The first-order valence-electron chi connectivity index (χ1n) is 10.9. The Morgan fingerprint density at radius 1 is 1.12 bits per heavy atom. The molecule has 0 unspecified atom stereocenters. The first-order valence-corrected chi connectivity index (χ1v) is 14.4. The largest absolute Gasteiger partial charge is 0.379 e. The van der Waals surface area contributed by atoms with Crippen LogP contribution in [0.5, 0.6) is 0 Å². The van der Waals surface area contributed by atoms with Crippen molar-refractivity contribution in [3.63, 3.8) is 0 Å². The van der Waals surface area contributed by atoms with Gasteiger partial charge in [-0.1, -0.05) is 17.4 Å². The molecule has 2 heterocycles. The van der Waals surface area contributed by atoms with Gasteiger partial charge in [-0.25, -0.2) is 13.4 Å². The summed E-state index contributed by atoms with van der Waals surface area (Å²) in [7, 11) is 0.299. The van der Waals surface area contributed by atoms with E-state index >= 15 is 0 Å². The lowest BCUT2D eigenvalue weighted by atomic mass is 10.2. The number of sulfonamides is 1. The molecule has 8 nitrogen and oxygen atoms in total. The molecule has 1 aliphatic rings. The number of hydrogen-bond donors (Lipinski definition) is 0. The zero-order valence-corrected chi connectivity index (χ0v) is 21.9. The van der Waals surface area contributed by atoms with E-state index in [4.69, 9.17) is 9.72 Å². The maximum Gasteiger partial charge on any atom is 0.260 e. The van der Waals surface area contributed by atoms with Crippen molar-refractivity contribution in [3.8, 4) is 0 Å². The molecule has 1 saturated heterocycles. The number of para-hydroxylation sites is 1. The lowest BCUT2D eigenvalue weighted by Crippen LogP contribution is -2.40. The van der Waals surface area contributed by atoms with Crippen LogP contribution in [-0.2, 0) is 14.8 Å². The number of hydrogen-bond acceptors (Lipinski definition) is 8. The Morgan fingerprint density at radius 3 is 2.47 bits per heavy atom. The van der Waals surface area contributed by atoms with Crippen LogP contribution in [0.2, 0.25) is 0 Å². The summed E-state index contributed by atoms with van der Waals surface area (Å²) in [4.78, 5) is 23.3. The quantitative estimate of drug-likeness (QED) is 0.422. The second kappa shape index (κ2) is 10.7. The molecule has 0 N–H and O–H groups in total. The molecule has 182 valence electrons. The van der Waals surface area contributed by atoms with Crippen molar-refractivity contribution >= 4 is 54.4 Å². The number of fused-ring (bicyclic) bond motifs is 1. The molecule has 2 aromatic carbocycles. The van der Waals surface area contributed by atoms with E-state index in [2.05, 4.69) is 0 Å². The van der Waals surface area contributed by atoms with Gasteiger partial charge >= 0.3 is 0 Å². The molecule has 0 aliphatic carbocycles. The molecule has 3 aromatic rings. The highest BCUT2D eigenvalue weighted by Gasteiger charge is 2.27. The summed E-state index contributed by atoms with van der Waals surface area (Å²) in [5.74, 6) is -0.207. The molecule has 34 heavy (non-hydrogen) atoms. The van der Waals surface area contributed by atoms with Crippen LogP contribution < -0.4 is 4.90 Å². The first kappa shape index (κ1) is 25.1. The van der Waals surface area contributed by atoms with Gasteiger partial charge in [0.2, 0.25) is 10.0 Å². The number of carbonyl (C=O) groups excluding carboxylic acids is 1. The molecule has 11 heteroatoms. The summed E-state index contributed by atoms with van der Waals surface area (Å²) in [6.45, 7) is 2.57. The Kier molecular flexibility index (Phi) is 7.90. The van der Waals surface area contributed by atoms with Crippen LogP contribution in [0.1, 0.15) is 10.4 Å². The van der Waals surface area contributed by atoms with Gasteiger partial charge < -0.3 is 9.64 Å². The van der Waals surface area contributed by atoms with Crippen molar-refractivity contribution in [2.24, 2.45) is 0 Å². The Labute approximate surface area is 208 Å². The Balaban J connectivity index is 1.63. The molecule has 1 amide bonds. The number of morpholine rings is 1. The molecular weight excluding hydrogens is 492 g/mol. The third kappa shape index (κ3) is 5.29. The van der Waals surface area contributed by atoms with Gasteiger partial charge in [-0.2, -0.15) is 4.31 Å². The second-order valence-electron chi connectivity index (χ2n) is 8.10. The van der Waals surface area contributed by atoms with Gasteiger partial charge in [-0.05, 0) is 56.7 Å². The predicted octanol–water partition coefficient (Wildman–Crippen LogP) is 3.25. The van der Waals surface area contributed by atoms with Gasteiger partial charge in [-0.3, -0.25) is 9.69 Å². The number of amides is 1. The van der Waals surface area contributed by atoms with Gasteiger partial charge in [0.15, 0.2) is 5.13 Å². The third-order valence-electron chi connectivity index (χ3n) is 5.55. The lowest BCUT2D eigenvalue weighted by molar-refractivity contribution is 0.0730. The van der Waals surface area contributed by atoms with E-state index in [1.54, 1.807) is 28.8 Å². The highest BCUT2D eigenvalue weighted by atomic mass is 32.2. The number of thioether (sulfide) groups is 1. The minimum absolute atomic E-state index is 0.176. The molecule has 4 rings (SSSR count). The average Bonchev–Trinajstić information content (AvgIpc) is 3.28. The number of rotatable bonds is 8. The summed E-state index contributed by atoms with van der Waals surface area (Å²) >= 11 is 3.11. The summed E-state index contributed by atoms with van der Waals surface area (Å²) < 4.78 is 33.5. The fourth-order valence-corrected chi connectivity index (χ4v) is 6.69. The number of benzene rings is 2. The zero-order chi connectivity index (χ0) is 24.3. The van der Waals surface area contributed by atoms with Crippen LogP contribution in [-0.4, -0.2) is 88.3 Å². The topological polar surface area (TPSA) is 83.1 Å². The normalized spacial score (nSPS) is 15.2. The van der Waals surface area contributed by atoms with Gasteiger partial charge in [0.05, 0.1) is 28.3 Å². The summed E-state index contributed by atoms with van der Waals surface area (Å²) in [6, 6.07) is 12.2. The van der Waals surface area contributed by atoms with Crippen LogP contribution in [0.4, 0.5) is 5.13 Å². The Bertz CT molecular complexity index is 1250. The first-order chi connectivity index (χ1) is 16.3. The SMILES string of the molecule is CSc1cccc2sc(N(CCN(C)C)C(=O)c3ccc(S(=O)(=O)N4CCOCC4)cc3)nc12. The highest BCUT2D eigenvalue weighted by molar-refractivity contribution is 7.98. The minimum atomic E-state index is -3.61. The van der Waals surface area contributed by atoms with Crippen LogP contribution in [0, 0.1) is 0 Å². The third-order valence-corrected chi connectivity index (χ3v) is 9.27. The Morgan fingerprint density at radius 2 is 1.82 bits per heavy atom. The van der Waals surface area contributed by atoms with Crippen LogP contribution in [0.25, 0.3) is 10.2 Å². The van der Waals surface area contributed by atoms with E-state index in [1.807, 2.05) is 43.5 Å². The number of ether oxygens (including phenoxy) is 1. The molecule has 1 aromatic heterocycles. The van der Waals surface area contributed by atoms with Crippen molar-refractivity contribution < 1.29 is 17.9 Å². The monoisotopic (exact) mass is 520 g/mol. The Hall–Kier alpha value is -2.02. The number of anilines is 1. The van der Waals surface area contributed by atoms with Gasteiger partial charge in [0.25, 0.3) is 5.91 Å². The molecule has 1 fully saturated rings. The van der Waals surface area contributed by atoms with Crippen molar-refractivity contribution in [1.82, 2.24) is 14.2 Å². The number of nitrogens with zero attached hydrogens (tertiary/aromatic N) is 4. The number of thiazole rings is 1. The maximum atomic E-state index is 13.5. The van der Waals surface area contributed by atoms with Crippen LogP contribution >= 0.6 is 23.1 Å². The molecule has 0 spiro atoms. The molecular formula is C23H28N4O4S3. The van der Waals surface area contributed by atoms with Gasteiger partial charge in [0.1, 0.15) is 0 Å². The van der Waals surface area contributed by atoms with E-state index < -0.39 is 10.0 Å². The average molecular weight is 521 g/mol. The van der Waals surface area contributed by atoms with Crippen molar-refractivity contribution in [2.45, 2.75) is 9.79 Å². The van der Waals surface area contributed by atoms with E-state index in [0.717, 1.165) is 15.1 Å². The van der Waals surface area contributed by atoms with E-state index in [-0.39, 0.29) is 10.8 Å². The summed E-state index contributed by atoms with van der Waals surface area (Å²) in [5.41, 5.74) is 1.31. The van der Waals surface area contributed by atoms with Crippen molar-refractivity contribution in [2.75, 3.05) is 64.6 Å². The predicted molar refractivity (Wildman–Crippen MR) is 138 cm³/mol. The van der Waals surface area contributed by atoms with E-state index in [1.165, 1.54) is 27.8 Å².